The second kappa shape index (κ2) is 6.80. The predicted octanol–water partition coefficient (Wildman–Crippen LogP) is 0.527. The van der Waals surface area contributed by atoms with Crippen LogP contribution in [0.4, 0.5) is 0 Å². The molecule has 0 bridgehead atoms. The maximum absolute atomic E-state index is 11.3. The van der Waals surface area contributed by atoms with Gasteiger partial charge in [-0.3, -0.25) is 4.79 Å². The van der Waals surface area contributed by atoms with E-state index in [1.54, 1.807) is 7.11 Å². The Balaban J connectivity index is 1.94. The van der Waals surface area contributed by atoms with E-state index in [9.17, 15) is 4.79 Å². The summed E-state index contributed by atoms with van der Waals surface area (Å²) in [7, 11) is 1.63. The molecule has 0 spiro atoms. The minimum Gasteiger partial charge on any atom is -0.383 e. The molecule has 1 unspecified atom stereocenters. The van der Waals surface area contributed by atoms with Crippen molar-refractivity contribution in [3.05, 3.63) is 0 Å². The Hall–Kier alpha value is -0.610. The van der Waals surface area contributed by atoms with Gasteiger partial charge in [0.1, 0.15) is 0 Å². The minimum atomic E-state index is 0.0506. The molecule has 0 saturated heterocycles. The minimum absolute atomic E-state index is 0.0506. The Kier molecular flexibility index (Phi) is 5.65. The lowest BCUT2D eigenvalue weighted by Gasteiger charge is -2.12. The van der Waals surface area contributed by atoms with Crippen LogP contribution in [0.2, 0.25) is 0 Å². The summed E-state index contributed by atoms with van der Waals surface area (Å²) in [5, 5.41) is 6.01. The largest absolute Gasteiger partial charge is 0.383 e. The van der Waals surface area contributed by atoms with E-state index in [1.807, 2.05) is 0 Å². The van der Waals surface area contributed by atoms with Crippen molar-refractivity contribution in [3.8, 4) is 0 Å². The Labute approximate surface area is 91.8 Å². The van der Waals surface area contributed by atoms with Crippen molar-refractivity contribution in [2.45, 2.75) is 32.2 Å². The lowest BCUT2D eigenvalue weighted by atomic mass is 10.1. The molecular weight excluding hydrogens is 192 g/mol. The van der Waals surface area contributed by atoms with Crippen LogP contribution in [-0.4, -0.2) is 38.8 Å². The molecule has 1 aliphatic rings. The number of carbonyl (C=O) groups is 1. The molecule has 1 aliphatic carbocycles. The highest BCUT2D eigenvalue weighted by atomic mass is 16.5. The van der Waals surface area contributed by atoms with Gasteiger partial charge in [0.15, 0.2) is 0 Å². The zero-order valence-electron chi connectivity index (χ0n) is 9.71. The summed E-state index contributed by atoms with van der Waals surface area (Å²) in [6.07, 6.45) is 3.93. The highest BCUT2D eigenvalue weighted by molar-refractivity contribution is 5.77. The number of methoxy groups -OCH3 is 1. The van der Waals surface area contributed by atoms with Crippen LogP contribution in [0.25, 0.3) is 0 Å². The van der Waals surface area contributed by atoms with Crippen LogP contribution >= 0.6 is 0 Å². The number of amides is 1. The fourth-order valence-corrected chi connectivity index (χ4v) is 1.56. The van der Waals surface area contributed by atoms with E-state index in [4.69, 9.17) is 4.74 Å². The molecule has 4 nitrogen and oxygen atoms in total. The molecule has 88 valence electrons. The van der Waals surface area contributed by atoms with Crippen LogP contribution < -0.4 is 10.6 Å². The van der Waals surface area contributed by atoms with Gasteiger partial charge in [0, 0.05) is 19.7 Å². The normalized spacial score (nSPS) is 17.5. The summed E-state index contributed by atoms with van der Waals surface area (Å²) in [4.78, 5) is 11.3. The van der Waals surface area contributed by atoms with Crippen molar-refractivity contribution in [1.29, 1.82) is 0 Å². The summed E-state index contributed by atoms with van der Waals surface area (Å²) in [5.74, 6) is 0.957. The smallest absolute Gasteiger partial charge is 0.234 e. The van der Waals surface area contributed by atoms with Gasteiger partial charge in [-0.15, -0.1) is 0 Å². The van der Waals surface area contributed by atoms with E-state index in [-0.39, 0.29) is 5.91 Å². The average Bonchev–Trinajstić information content (AvgIpc) is 2.99. The lowest BCUT2D eigenvalue weighted by molar-refractivity contribution is -0.120. The second-order valence-electron chi connectivity index (χ2n) is 4.30. The van der Waals surface area contributed by atoms with Gasteiger partial charge in [0.25, 0.3) is 0 Å². The monoisotopic (exact) mass is 214 g/mol. The first-order valence-corrected chi connectivity index (χ1v) is 5.71. The van der Waals surface area contributed by atoms with Crippen LogP contribution in [0.3, 0.4) is 0 Å². The van der Waals surface area contributed by atoms with E-state index >= 15 is 0 Å². The van der Waals surface area contributed by atoms with Gasteiger partial charge in [-0.05, 0) is 19.3 Å². The van der Waals surface area contributed by atoms with Crippen LogP contribution in [0.5, 0.6) is 0 Å². The molecule has 0 aromatic rings. The fourth-order valence-electron chi connectivity index (χ4n) is 1.56. The SMILES string of the molecule is COCCNC(=O)CNC(C)CC1CC1. The molecule has 0 aliphatic heterocycles. The first-order valence-electron chi connectivity index (χ1n) is 5.71. The molecule has 0 aromatic heterocycles. The van der Waals surface area contributed by atoms with E-state index in [0.717, 1.165) is 5.92 Å². The molecule has 1 fully saturated rings. The third-order valence-corrected chi connectivity index (χ3v) is 2.62. The van der Waals surface area contributed by atoms with Gasteiger partial charge in [0.2, 0.25) is 5.91 Å². The van der Waals surface area contributed by atoms with Crippen molar-refractivity contribution in [2.75, 3.05) is 26.8 Å². The summed E-state index contributed by atoms with van der Waals surface area (Å²) < 4.78 is 4.84. The first-order chi connectivity index (χ1) is 7.22. The van der Waals surface area contributed by atoms with E-state index in [0.29, 0.717) is 25.7 Å². The van der Waals surface area contributed by atoms with Gasteiger partial charge in [-0.25, -0.2) is 0 Å². The van der Waals surface area contributed by atoms with Crippen LogP contribution in [0.15, 0.2) is 0 Å². The molecule has 2 N–H and O–H groups in total. The number of hydrogen-bond donors (Lipinski definition) is 2. The molecule has 15 heavy (non-hydrogen) atoms. The Morgan fingerprint density at radius 3 is 2.87 bits per heavy atom. The Bertz CT molecular complexity index is 193. The van der Waals surface area contributed by atoms with Crippen molar-refractivity contribution in [3.63, 3.8) is 0 Å². The summed E-state index contributed by atoms with van der Waals surface area (Å²) >= 11 is 0. The molecule has 1 amide bonds. The molecule has 0 radical (unpaired) electrons. The maximum atomic E-state index is 11.3. The standard InChI is InChI=1S/C11H22N2O2/c1-9(7-10-3-4-10)13-8-11(14)12-5-6-15-2/h9-10,13H,3-8H2,1-2H3,(H,12,14). The van der Waals surface area contributed by atoms with Gasteiger partial charge in [-0.2, -0.15) is 0 Å². The van der Waals surface area contributed by atoms with Crippen molar-refractivity contribution in [1.82, 2.24) is 10.6 Å². The summed E-state index contributed by atoms with van der Waals surface area (Å²) in [5.41, 5.74) is 0. The molecule has 4 heteroatoms. The van der Waals surface area contributed by atoms with E-state index in [2.05, 4.69) is 17.6 Å². The predicted molar refractivity (Wildman–Crippen MR) is 59.7 cm³/mol. The first kappa shape index (κ1) is 12.5. The highest BCUT2D eigenvalue weighted by Gasteiger charge is 2.23. The molecule has 1 atom stereocenters. The second-order valence-corrected chi connectivity index (χ2v) is 4.30. The van der Waals surface area contributed by atoms with E-state index in [1.165, 1.54) is 19.3 Å². The third kappa shape index (κ3) is 6.47. The van der Waals surface area contributed by atoms with E-state index < -0.39 is 0 Å². The number of carbonyl (C=O) groups excluding carboxylic acids is 1. The zero-order valence-corrected chi connectivity index (χ0v) is 9.71. The lowest BCUT2D eigenvalue weighted by Crippen LogP contribution is -2.39. The molecule has 1 rings (SSSR count). The maximum Gasteiger partial charge on any atom is 0.234 e. The number of rotatable bonds is 8. The molecular formula is C11H22N2O2. The van der Waals surface area contributed by atoms with Gasteiger partial charge in [-0.1, -0.05) is 12.8 Å². The summed E-state index contributed by atoms with van der Waals surface area (Å²) in [6, 6.07) is 0.450. The van der Waals surface area contributed by atoms with Crippen LogP contribution in [-0.2, 0) is 9.53 Å². The van der Waals surface area contributed by atoms with Gasteiger partial charge < -0.3 is 15.4 Å². The number of nitrogens with one attached hydrogen (secondary N) is 2. The highest BCUT2D eigenvalue weighted by Crippen LogP contribution is 2.33. The quantitative estimate of drug-likeness (QED) is 0.579. The zero-order chi connectivity index (χ0) is 11.1. The number of hydrogen-bond acceptors (Lipinski definition) is 3. The van der Waals surface area contributed by atoms with Crippen LogP contribution in [0.1, 0.15) is 26.2 Å². The summed E-state index contributed by atoms with van der Waals surface area (Å²) in [6.45, 7) is 3.72. The van der Waals surface area contributed by atoms with Crippen LogP contribution in [0, 0.1) is 5.92 Å². The molecule has 0 aromatic carbocycles. The third-order valence-electron chi connectivity index (χ3n) is 2.62. The van der Waals surface area contributed by atoms with Gasteiger partial charge >= 0.3 is 0 Å². The topological polar surface area (TPSA) is 50.4 Å². The van der Waals surface area contributed by atoms with Crippen molar-refractivity contribution in [2.24, 2.45) is 5.92 Å². The van der Waals surface area contributed by atoms with Gasteiger partial charge in [0.05, 0.1) is 13.2 Å². The van der Waals surface area contributed by atoms with Crippen molar-refractivity contribution < 1.29 is 9.53 Å². The Morgan fingerprint density at radius 1 is 1.53 bits per heavy atom. The Morgan fingerprint density at radius 2 is 2.27 bits per heavy atom. The number of ether oxygens (including phenoxy) is 1. The average molecular weight is 214 g/mol. The van der Waals surface area contributed by atoms with Crippen molar-refractivity contribution >= 4 is 5.91 Å². The fraction of sp³-hybridized carbons (Fsp3) is 0.909. The molecule has 1 saturated carbocycles. The molecule has 0 heterocycles.